The molecule has 1 aliphatic heterocycles. The van der Waals surface area contributed by atoms with Crippen molar-refractivity contribution in [2.24, 2.45) is 5.92 Å². The first-order valence-electron chi connectivity index (χ1n) is 5.12. The molecule has 1 atom stereocenters. The Hall–Kier alpha value is -0.650. The van der Waals surface area contributed by atoms with Crippen LogP contribution in [0, 0.1) is 19.8 Å². The van der Waals surface area contributed by atoms with Gasteiger partial charge in [-0.1, -0.05) is 0 Å². The molecule has 16 heavy (non-hydrogen) atoms. The minimum Gasteiger partial charge on any atom is -0.316 e. The van der Waals surface area contributed by atoms with Gasteiger partial charge in [0, 0.05) is 6.54 Å². The smallest absolute Gasteiger partial charge is 0.229 e. The molecule has 1 amide bonds. The summed E-state index contributed by atoms with van der Waals surface area (Å²) in [6.45, 7) is 5.61. The highest BCUT2D eigenvalue weighted by Crippen LogP contribution is 2.24. The van der Waals surface area contributed by atoms with Crippen molar-refractivity contribution >= 4 is 34.7 Å². The molecule has 0 bridgehead atoms. The lowest BCUT2D eigenvalue weighted by Crippen LogP contribution is -2.24. The van der Waals surface area contributed by atoms with Gasteiger partial charge in [-0.2, -0.15) is 0 Å². The predicted octanol–water partition coefficient (Wildman–Crippen LogP) is 1.73. The van der Waals surface area contributed by atoms with E-state index in [2.05, 4.69) is 15.6 Å². The van der Waals surface area contributed by atoms with Crippen LogP contribution in [-0.2, 0) is 4.79 Å². The van der Waals surface area contributed by atoms with Gasteiger partial charge in [-0.25, -0.2) is 4.98 Å². The Morgan fingerprint density at radius 1 is 1.56 bits per heavy atom. The molecule has 2 heterocycles. The van der Waals surface area contributed by atoms with Gasteiger partial charge < -0.3 is 10.6 Å². The number of halogens is 1. The molecule has 1 aromatic rings. The third kappa shape index (κ3) is 2.93. The summed E-state index contributed by atoms with van der Waals surface area (Å²) < 4.78 is 0. The lowest BCUT2D eigenvalue weighted by atomic mass is 10.1. The van der Waals surface area contributed by atoms with Crippen LogP contribution in [-0.4, -0.2) is 24.0 Å². The number of carbonyl (C=O) groups is 1. The quantitative estimate of drug-likeness (QED) is 0.853. The first-order valence-corrected chi connectivity index (χ1v) is 5.94. The number of hydrogen-bond donors (Lipinski definition) is 2. The summed E-state index contributed by atoms with van der Waals surface area (Å²) in [4.78, 5) is 16.1. The summed E-state index contributed by atoms with van der Waals surface area (Å²) in [5.41, 5.74) is 0.914. The van der Waals surface area contributed by atoms with E-state index < -0.39 is 0 Å². The molecule has 6 heteroatoms. The number of rotatable bonds is 2. The minimum atomic E-state index is 0. The average molecular weight is 262 g/mol. The molecule has 90 valence electrons. The second-order valence-corrected chi connectivity index (χ2v) is 5.03. The van der Waals surface area contributed by atoms with Crippen molar-refractivity contribution in [3.05, 3.63) is 10.7 Å². The van der Waals surface area contributed by atoms with Gasteiger partial charge in [0.05, 0.1) is 16.6 Å². The second-order valence-electron chi connectivity index (χ2n) is 3.83. The Balaban J connectivity index is 0.00000128. The van der Waals surface area contributed by atoms with Gasteiger partial charge in [0.15, 0.2) is 0 Å². The van der Waals surface area contributed by atoms with E-state index in [1.54, 1.807) is 0 Å². The number of aryl methyl sites for hydroxylation is 2. The third-order valence-corrected chi connectivity index (χ3v) is 3.56. The number of aromatic nitrogens is 1. The zero-order valence-corrected chi connectivity index (χ0v) is 11.0. The molecule has 4 nitrogen and oxygen atoms in total. The third-order valence-electron chi connectivity index (χ3n) is 2.57. The molecular weight excluding hydrogens is 246 g/mol. The van der Waals surface area contributed by atoms with Crippen molar-refractivity contribution in [2.75, 3.05) is 18.4 Å². The molecule has 0 spiro atoms. The van der Waals surface area contributed by atoms with E-state index in [1.165, 1.54) is 11.3 Å². The topological polar surface area (TPSA) is 54.0 Å². The van der Waals surface area contributed by atoms with E-state index in [-0.39, 0.29) is 24.2 Å². The zero-order chi connectivity index (χ0) is 10.8. The lowest BCUT2D eigenvalue weighted by Gasteiger charge is -2.08. The molecule has 0 radical (unpaired) electrons. The van der Waals surface area contributed by atoms with Gasteiger partial charge in [-0.05, 0) is 26.8 Å². The van der Waals surface area contributed by atoms with E-state index in [1.807, 2.05) is 13.8 Å². The predicted molar refractivity (Wildman–Crippen MR) is 68.4 cm³/mol. The van der Waals surface area contributed by atoms with Crippen molar-refractivity contribution in [1.29, 1.82) is 0 Å². The van der Waals surface area contributed by atoms with Gasteiger partial charge in [0.2, 0.25) is 5.91 Å². The maximum Gasteiger partial charge on any atom is 0.229 e. The first-order chi connectivity index (χ1) is 7.16. The number of carbonyl (C=O) groups excluding carboxylic acids is 1. The Labute approximate surface area is 105 Å². The van der Waals surface area contributed by atoms with E-state index in [4.69, 9.17) is 0 Å². The normalized spacial score (nSPS) is 19.2. The second kappa shape index (κ2) is 5.61. The van der Waals surface area contributed by atoms with Crippen molar-refractivity contribution in [3.63, 3.8) is 0 Å². The van der Waals surface area contributed by atoms with Crippen LogP contribution < -0.4 is 10.6 Å². The summed E-state index contributed by atoms with van der Waals surface area (Å²) >= 11 is 1.54. The number of nitrogens with one attached hydrogen (secondary N) is 2. The molecule has 2 rings (SSSR count). The number of thiazole rings is 1. The van der Waals surface area contributed by atoms with E-state index in [0.29, 0.717) is 0 Å². The highest BCUT2D eigenvalue weighted by molar-refractivity contribution is 7.16. The molecule has 0 aliphatic carbocycles. The Kier molecular flexibility index (Phi) is 4.70. The van der Waals surface area contributed by atoms with Crippen molar-refractivity contribution in [2.45, 2.75) is 20.3 Å². The van der Waals surface area contributed by atoms with Crippen LogP contribution in [0.5, 0.6) is 0 Å². The van der Waals surface area contributed by atoms with Crippen LogP contribution >= 0.6 is 23.7 Å². The lowest BCUT2D eigenvalue weighted by molar-refractivity contribution is -0.119. The van der Waals surface area contributed by atoms with Crippen LogP contribution in [0.15, 0.2) is 0 Å². The number of nitrogens with zero attached hydrogens (tertiary/aromatic N) is 1. The summed E-state index contributed by atoms with van der Waals surface area (Å²) in [6.07, 6.45) is 0.933. The fourth-order valence-corrected chi connectivity index (χ4v) is 2.56. The van der Waals surface area contributed by atoms with Gasteiger partial charge in [-0.15, -0.1) is 23.7 Å². The van der Waals surface area contributed by atoms with Gasteiger partial charge in [0.1, 0.15) is 5.00 Å². The van der Waals surface area contributed by atoms with E-state index in [0.717, 1.165) is 35.2 Å². The molecule has 1 saturated heterocycles. The van der Waals surface area contributed by atoms with Crippen LogP contribution in [0.2, 0.25) is 0 Å². The van der Waals surface area contributed by atoms with E-state index >= 15 is 0 Å². The average Bonchev–Trinajstić information content (AvgIpc) is 2.76. The minimum absolute atomic E-state index is 0. The first kappa shape index (κ1) is 13.4. The van der Waals surface area contributed by atoms with Gasteiger partial charge in [0.25, 0.3) is 0 Å². The Morgan fingerprint density at radius 3 is 2.81 bits per heavy atom. The van der Waals surface area contributed by atoms with Gasteiger partial charge >= 0.3 is 0 Å². The highest BCUT2D eigenvalue weighted by atomic mass is 35.5. The van der Waals surface area contributed by atoms with Crippen LogP contribution in [0.3, 0.4) is 0 Å². The molecule has 0 saturated carbocycles. The summed E-state index contributed by atoms with van der Waals surface area (Å²) in [7, 11) is 0. The van der Waals surface area contributed by atoms with Crippen LogP contribution in [0.4, 0.5) is 5.00 Å². The van der Waals surface area contributed by atoms with Gasteiger partial charge in [-0.3, -0.25) is 4.79 Å². The molecular formula is C10H16ClN3OS. The molecule has 1 aromatic heterocycles. The fraction of sp³-hybridized carbons (Fsp3) is 0.600. The van der Waals surface area contributed by atoms with Crippen LogP contribution in [0.25, 0.3) is 0 Å². The number of hydrogen-bond acceptors (Lipinski definition) is 4. The summed E-state index contributed by atoms with van der Waals surface area (Å²) in [5, 5.41) is 8.02. The fourth-order valence-electron chi connectivity index (χ4n) is 1.74. The van der Waals surface area contributed by atoms with Crippen molar-refractivity contribution < 1.29 is 4.79 Å². The van der Waals surface area contributed by atoms with Crippen molar-refractivity contribution in [1.82, 2.24) is 10.3 Å². The molecule has 0 aromatic carbocycles. The standard InChI is InChI=1S/C10H15N3OS.ClH/c1-6-10(15-7(2)12-6)13-9(14)8-3-4-11-5-8;/h8,11H,3-5H2,1-2H3,(H,13,14);1H/t8-;/m0./s1. The van der Waals surface area contributed by atoms with Crippen molar-refractivity contribution in [3.8, 4) is 0 Å². The highest BCUT2D eigenvalue weighted by Gasteiger charge is 2.23. The summed E-state index contributed by atoms with van der Waals surface area (Å²) in [5.74, 6) is 0.235. The summed E-state index contributed by atoms with van der Waals surface area (Å²) in [6, 6.07) is 0. The Morgan fingerprint density at radius 2 is 2.31 bits per heavy atom. The maximum atomic E-state index is 11.8. The molecule has 2 N–H and O–H groups in total. The maximum absolute atomic E-state index is 11.8. The Bertz CT molecular complexity index is 374. The molecule has 0 unspecified atom stereocenters. The largest absolute Gasteiger partial charge is 0.316 e. The monoisotopic (exact) mass is 261 g/mol. The number of anilines is 1. The number of amides is 1. The molecule has 1 aliphatic rings. The molecule has 1 fully saturated rings. The van der Waals surface area contributed by atoms with Crippen LogP contribution in [0.1, 0.15) is 17.1 Å². The SMILES string of the molecule is Cc1nc(C)c(NC(=O)[C@H]2CCNC2)s1.Cl. The zero-order valence-electron chi connectivity index (χ0n) is 9.37. The van der Waals surface area contributed by atoms with E-state index in [9.17, 15) is 4.79 Å².